The Balaban J connectivity index is 2.14. The van der Waals surface area contributed by atoms with Gasteiger partial charge in [0.05, 0.1) is 17.6 Å². The molecule has 4 nitrogen and oxygen atoms in total. The zero-order valence-electron chi connectivity index (χ0n) is 11.3. The SMILES string of the molecule is CCCCOc1ccc2[nH]c(=O)c3ccccc3c2n1. The maximum Gasteiger partial charge on any atom is 0.256 e. The van der Waals surface area contributed by atoms with Crippen molar-refractivity contribution in [3.8, 4) is 5.88 Å². The summed E-state index contributed by atoms with van der Waals surface area (Å²) in [5.74, 6) is 0.600. The summed E-state index contributed by atoms with van der Waals surface area (Å²) in [5.41, 5.74) is 1.42. The molecule has 0 spiro atoms. The highest BCUT2D eigenvalue weighted by Gasteiger charge is 2.07. The van der Waals surface area contributed by atoms with E-state index in [-0.39, 0.29) is 5.56 Å². The summed E-state index contributed by atoms with van der Waals surface area (Å²) in [6.45, 7) is 2.78. The van der Waals surface area contributed by atoms with Gasteiger partial charge in [0.1, 0.15) is 0 Å². The first-order chi connectivity index (χ1) is 9.79. The number of fused-ring (bicyclic) bond motifs is 3. The van der Waals surface area contributed by atoms with Crippen molar-refractivity contribution in [3.05, 3.63) is 46.8 Å². The van der Waals surface area contributed by atoms with Gasteiger partial charge in [0.2, 0.25) is 5.88 Å². The first-order valence-corrected chi connectivity index (χ1v) is 6.84. The lowest BCUT2D eigenvalue weighted by Gasteiger charge is -2.07. The molecule has 1 aromatic carbocycles. The minimum Gasteiger partial charge on any atom is -0.478 e. The lowest BCUT2D eigenvalue weighted by molar-refractivity contribution is 0.299. The number of hydrogen-bond acceptors (Lipinski definition) is 3. The van der Waals surface area contributed by atoms with E-state index in [1.807, 2.05) is 24.3 Å². The van der Waals surface area contributed by atoms with Crippen molar-refractivity contribution < 1.29 is 4.74 Å². The second kappa shape index (κ2) is 5.33. The second-order valence-corrected chi connectivity index (χ2v) is 4.75. The average molecular weight is 268 g/mol. The largest absolute Gasteiger partial charge is 0.478 e. The van der Waals surface area contributed by atoms with E-state index in [0.29, 0.717) is 17.9 Å². The average Bonchev–Trinajstić information content (AvgIpc) is 2.48. The van der Waals surface area contributed by atoms with Crippen molar-refractivity contribution in [3.63, 3.8) is 0 Å². The fourth-order valence-electron chi connectivity index (χ4n) is 2.23. The third-order valence-electron chi connectivity index (χ3n) is 3.29. The number of aromatic amines is 1. The molecule has 0 radical (unpaired) electrons. The molecule has 1 N–H and O–H groups in total. The molecule has 0 fully saturated rings. The highest BCUT2D eigenvalue weighted by Crippen LogP contribution is 2.21. The number of ether oxygens (including phenoxy) is 1. The van der Waals surface area contributed by atoms with Crippen LogP contribution < -0.4 is 10.3 Å². The standard InChI is InChI=1S/C16H16N2O2/c1-2-3-10-20-14-9-8-13-15(18-14)11-6-4-5-7-12(11)16(19)17-13/h4-9H,2-3,10H2,1H3,(H,17,19). The van der Waals surface area contributed by atoms with Gasteiger partial charge in [0.15, 0.2) is 0 Å². The van der Waals surface area contributed by atoms with E-state index in [0.717, 1.165) is 29.3 Å². The van der Waals surface area contributed by atoms with Gasteiger partial charge in [-0.1, -0.05) is 31.5 Å². The molecule has 0 amide bonds. The van der Waals surface area contributed by atoms with Crippen LogP contribution in [0.2, 0.25) is 0 Å². The van der Waals surface area contributed by atoms with Crippen molar-refractivity contribution in [1.82, 2.24) is 9.97 Å². The Kier molecular flexibility index (Phi) is 3.37. The number of H-pyrrole nitrogens is 1. The number of aromatic nitrogens is 2. The van der Waals surface area contributed by atoms with E-state index >= 15 is 0 Å². The highest BCUT2D eigenvalue weighted by atomic mass is 16.5. The van der Waals surface area contributed by atoms with Gasteiger partial charge in [-0.25, -0.2) is 4.98 Å². The molecule has 3 rings (SSSR count). The quantitative estimate of drug-likeness (QED) is 0.583. The van der Waals surface area contributed by atoms with Crippen LogP contribution in [0.3, 0.4) is 0 Å². The summed E-state index contributed by atoms with van der Waals surface area (Å²) in [6, 6.07) is 11.1. The molecule has 0 bridgehead atoms. The van der Waals surface area contributed by atoms with E-state index < -0.39 is 0 Å². The van der Waals surface area contributed by atoms with Gasteiger partial charge in [0, 0.05) is 16.8 Å². The molecule has 3 aromatic rings. The van der Waals surface area contributed by atoms with Gasteiger partial charge >= 0.3 is 0 Å². The maximum absolute atomic E-state index is 12.0. The monoisotopic (exact) mass is 268 g/mol. The summed E-state index contributed by atoms with van der Waals surface area (Å²) >= 11 is 0. The van der Waals surface area contributed by atoms with Crippen molar-refractivity contribution in [2.45, 2.75) is 19.8 Å². The van der Waals surface area contributed by atoms with Crippen LogP contribution in [0, 0.1) is 0 Å². The molecule has 0 saturated heterocycles. The van der Waals surface area contributed by atoms with Crippen LogP contribution in [0.25, 0.3) is 21.8 Å². The minimum atomic E-state index is -0.0884. The van der Waals surface area contributed by atoms with Crippen molar-refractivity contribution in [1.29, 1.82) is 0 Å². The Bertz CT molecular complexity index is 808. The first kappa shape index (κ1) is 12.7. The van der Waals surface area contributed by atoms with E-state index in [1.165, 1.54) is 0 Å². The van der Waals surface area contributed by atoms with E-state index in [1.54, 1.807) is 12.1 Å². The second-order valence-electron chi connectivity index (χ2n) is 4.75. The van der Waals surface area contributed by atoms with Crippen LogP contribution in [0.5, 0.6) is 5.88 Å². The predicted octanol–water partition coefficient (Wildman–Crippen LogP) is 3.26. The van der Waals surface area contributed by atoms with Crippen molar-refractivity contribution >= 4 is 21.8 Å². The molecule has 2 aromatic heterocycles. The van der Waals surface area contributed by atoms with Gasteiger partial charge in [-0.3, -0.25) is 4.79 Å². The number of pyridine rings is 2. The first-order valence-electron chi connectivity index (χ1n) is 6.84. The summed E-state index contributed by atoms with van der Waals surface area (Å²) in [5, 5.41) is 1.50. The summed E-state index contributed by atoms with van der Waals surface area (Å²) in [6.07, 6.45) is 2.09. The topological polar surface area (TPSA) is 55.0 Å². The van der Waals surface area contributed by atoms with Crippen LogP contribution in [0.4, 0.5) is 0 Å². The molecule has 0 aliphatic rings. The number of nitrogens with one attached hydrogen (secondary N) is 1. The van der Waals surface area contributed by atoms with E-state index in [2.05, 4.69) is 16.9 Å². The Labute approximate surface area is 116 Å². The number of benzene rings is 1. The third-order valence-corrected chi connectivity index (χ3v) is 3.29. The molecule has 102 valence electrons. The molecule has 20 heavy (non-hydrogen) atoms. The van der Waals surface area contributed by atoms with Crippen LogP contribution in [0.15, 0.2) is 41.2 Å². The highest BCUT2D eigenvalue weighted by molar-refractivity contribution is 6.02. The molecular weight excluding hydrogens is 252 g/mol. The summed E-state index contributed by atoms with van der Waals surface area (Å²) in [7, 11) is 0. The lowest BCUT2D eigenvalue weighted by Crippen LogP contribution is -2.07. The number of rotatable bonds is 4. The van der Waals surface area contributed by atoms with Crippen molar-refractivity contribution in [2.75, 3.05) is 6.61 Å². The van der Waals surface area contributed by atoms with Crippen LogP contribution in [-0.2, 0) is 0 Å². The zero-order valence-corrected chi connectivity index (χ0v) is 11.3. The normalized spacial score (nSPS) is 11.1. The molecule has 0 saturated carbocycles. The fraction of sp³-hybridized carbons (Fsp3) is 0.250. The molecule has 0 atom stereocenters. The Morgan fingerprint density at radius 3 is 2.75 bits per heavy atom. The van der Waals surface area contributed by atoms with E-state index in [4.69, 9.17) is 4.74 Å². The lowest BCUT2D eigenvalue weighted by atomic mass is 10.1. The summed E-state index contributed by atoms with van der Waals surface area (Å²) < 4.78 is 5.63. The third kappa shape index (κ3) is 2.25. The fourth-order valence-corrected chi connectivity index (χ4v) is 2.23. The van der Waals surface area contributed by atoms with Gasteiger partial charge in [0.25, 0.3) is 5.56 Å². The smallest absolute Gasteiger partial charge is 0.256 e. The van der Waals surface area contributed by atoms with Crippen LogP contribution in [-0.4, -0.2) is 16.6 Å². The van der Waals surface area contributed by atoms with Gasteiger partial charge < -0.3 is 9.72 Å². The zero-order chi connectivity index (χ0) is 13.9. The van der Waals surface area contributed by atoms with Gasteiger partial charge in [-0.15, -0.1) is 0 Å². The maximum atomic E-state index is 12.0. The Morgan fingerprint density at radius 2 is 1.95 bits per heavy atom. The Hall–Kier alpha value is -2.36. The Morgan fingerprint density at radius 1 is 1.15 bits per heavy atom. The van der Waals surface area contributed by atoms with Gasteiger partial charge in [-0.2, -0.15) is 0 Å². The molecule has 2 heterocycles. The van der Waals surface area contributed by atoms with Crippen molar-refractivity contribution in [2.24, 2.45) is 0 Å². The number of hydrogen-bond donors (Lipinski definition) is 1. The van der Waals surface area contributed by atoms with E-state index in [9.17, 15) is 4.79 Å². The number of nitrogens with zero attached hydrogens (tertiary/aromatic N) is 1. The minimum absolute atomic E-state index is 0.0884. The molecule has 4 heteroatoms. The predicted molar refractivity (Wildman–Crippen MR) is 80.3 cm³/mol. The molecule has 0 aliphatic carbocycles. The number of unbranched alkanes of at least 4 members (excludes halogenated alkanes) is 1. The molecule has 0 unspecified atom stereocenters. The molecule has 0 aliphatic heterocycles. The summed E-state index contributed by atoms with van der Waals surface area (Å²) in [4.78, 5) is 19.4. The van der Waals surface area contributed by atoms with Gasteiger partial charge in [-0.05, 0) is 18.6 Å². The molecular formula is C16H16N2O2. The van der Waals surface area contributed by atoms with Crippen LogP contribution in [0.1, 0.15) is 19.8 Å². The van der Waals surface area contributed by atoms with Crippen LogP contribution >= 0.6 is 0 Å².